The molecular weight excluding hydrogens is 408 g/mol. The summed E-state index contributed by atoms with van der Waals surface area (Å²) in [7, 11) is 0. The standard InChI is InChI=1S/C28H36N4O/c1-3-25(21-12-14-29-15-13-21)26-17-24(10-11-27(26)31-4-2)32-28(33)23-16-22(18-30-19-23)20-8-6-5-7-9-20/h6,8-15,17,22-23,25,30-31H,3-5,7,16,18-19H2,1-2H3,(H,32,33). The van der Waals surface area contributed by atoms with Crippen LogP contribution in [0.2, 0.25) is 0 Å². The zero-order chi connectivity index (χ0) is 23.0. The van der Waals surface area contributed by atoms with Gasteiger partial charge in [-0.25, -0.2) is 0 Å². The van der Waals surface area contributed by atoms with E-state index in [1.165, 1.54) is 16.7 Å². The number of rotatable bonds is 8. The molecule has 1 aliphatic heterocycles. The Kier molecular flexibility index (Phi) is 7.95. The first-order chi connectivity index (χ1) is 16.2. The fourth-order valence-electron chi connectivity index (χ4n) is 5.09. The fourth-order valence-corrected chi connectivity index (χ4v) is 5.09. The minimum atomic E-state index is -0.0287. The molecule has 0 radical (unpaired) electrons. The minimum Gasteiger partial charge on any atom is -0.385 e. The summed E-state index contributed by atoms with van der Waals surface area (Å²) >= 11 is 0. The maximum Gasteiger partial charge on any atom is 0.228 e. The van der Waals surface area contributed by atoms with E-state index in [9.17, 15) is 4.79 Å². The number of amides is 1. The molecule has 2 heterocycles. The van der Waals surface area contributed by atoms with Gasteiger partial charge in [0.25, 0.3) is 0 Å². The largest absolute Gasteiger partial charge is 0.385 e. The molecule has 3 unspecified atom stereocenters. The summed E-state index contributed by atoms with van der Waals surface area (Å²) in [6, 6.07) is 10.4. The van der Waals surface area contributed by atoms with Gasteiger partial charge < -0.3 is 16.0 Å². The molecule has 1 fully saturated rings. The van der Waals surface area contributed by atoms with Gasteiger partial charge in [0.05, 0.1) is 5.92 Å². The number of piperidine rings is 1. The molecule has 2 aliphatic rings. The van der Waals surface area contributed by atoms with Crippen molar-refractivity contribution in [1.82, 2.24) is 10.3 Å². The molecule has 4 rings (SSSR count). The Morgan fingerprint density at radius 1 is 1.15 bits per heavy atom. The highest BCUT2D eigenvalue weighted by Gasteiger charge is 2.29. The van der Waals surface area contributed by atoms with E-state index < -0.39 is 0 Å². The lowest BCUT2D eigenvalue weighted by molar-refractivity contribution is -0.120. The molecule has 0 saturated carbocycles. The smallest absolute Gasteiger partial charge is 0.228 e. The molecule has 1 aromatic carbocycles. The van der Waals surface area contributed by atoms with Crippen molar-refractivity contribution in [2.45, 2.75) is 45.4 Å². The molecular formula is C28H36N4O. The number of pyridine rings is 1. The van der Waals surface area contributed by atoms with Gasteiger partial charge in [0.15, 0.2) is 0 Å². The Morgan fingerprint density at radius 3 is 2.73 bits per heavy atom. The normalized spacial score (nSPS) is 21.2. The number of carbonyl (C=O) groups is 1. The Bertz CT molecular complexity index is 998. The summed E-state index contributed by atoms with van der Waals surface area (Å²) < 4.78 is 0. The number of nitrogens with zero attached hydrogens (tertiary/aromatic N) is 1. The first-order valence-corrected chi connectivity index (χ1v) is 12.4. The van der Waals surface area contributed by atoms with E-state index in [1.807, 2.05) is 18.5 Å². The second-order valence-corrected chi connectivity index (χ2v) is 9.03. The monoisotopic (exact) mass is 444 g/mol. The summed E-state index contributed by atoms with van der Waals surface area (Å²) in [6.07, 6.45) is 14.6. The average molecular weight is 445 g/mol. The number of allylic oxidation sites excluding steroid dienone is 3. The van der Waals surface area contributed by atoms with Crippen molar-refractivity contribution < 1.29 is 4.79 Å². The first kappa shape index (κ1) is 23.2. The third-order valence-corrected chi connectivity index (χ3v) is 6.79. The van der Waals surface area contributed by atoms with E-state index >= 15 is 0 Å². The summed E-state index contributed by atoms with van der Waals surface area (Å²) in [4.78, 5) is 17.4. The van der Waals surface area contributed by atoms with Gasteiger partial charge in [0.1, 0.15) is 0 Å². The molecule has 3 N–H and O–H groups in total. The highest BCUT2D eigenvalue weighted by molar-refractivity contribution is 5.93. The van der Waals surface area contributed by atoms with Crippen LogP contribution >= 0.6 is 0 Å². The van der Waals surface area contributed by atoms with Crippen molar-refractivity contribution in [2.75, 3.05) is 30.3 Å². The number of anilines is 2. The SMILES string of the molecule is CCNc1ccc(NC(=O)C2CNCC(C3=CCCC=C3)C2)cc1C(CC)c1ccncc1. The zero-order valence-corrected chi connectivity index (χ0v) is 19.8. The molecule has 3 atom stereocenters. The van der Waals surface area contributed by atoms with Crippen molar-refractivity contribution >= 4 is 17.3 Å². The van der Waals surface area contributed by atoms with E-state index in [0.29, 0.717) is 5.92 Å². The Balaban J connectivity index is 1.51. The highest BCUT2D eigenvalue weighted by Crippen LogP contribution is 2.35. The molecule has 0 bridgehead atoms. The topological polar surface area (TPSA) is 66.0 Å². The quantitative estimate of drug-likeness (QED) is 0.503. The molecule has 1 amide bonds. The molecule has 0 spiro atoms. The molecule has 1 aliphatic carbocycles. The van der Waals surface area contributed by atoms with Gasteiger partial charge in [-0.2, -0.15) is 0 Å². The van der Waals surface area contributed by atoms with Gasteiger partial charge in [-0.3, -0.25) is 9.78 Å². The van der Waals surface area contributed by atoms with E-state index in [1.54, 1.807) is 0 Å². The van der Waals surface area contributed by atoms with Crippen LogP contribution in [0.15, 0.2) is 66.5 Å². The molecule has 33 heavy (non-hydrogen) atoms. The highest BCUT2D eigenvalue weighted by atomic mass is 16.1. The average Bonchev–Trinajstić information content (AvgIpc) is 2.87. The Labute approximate surface area is 197 Å². The number of carbonyl (C=O) groups excluding carboxylic acids is 1. The fraction of sp³-hybridized carbons (Fsp3) is 0.429. The van der Waals surface area contributed by atoms with Crippen molar-refractivity contribution in [3.8, 4) is 0 Å². The van der Waals surface area contributed by atoms with Crippen LogP contribution in [-0.4, -0.2) is 30.5 Å². The van der Waals surface area contributed by atoms with Crippen molar-refractivity contribution in [2.24, 2.45) is 11.8 Å². The lowest BCUT2D eigenvalue weighted by Gasteiger charge is -2.31. The zero-order valence-electron chi connectivity index (χ0n) is 19.8. The van der Waals surface area contributed by atoms with E-state index in [0.717, 1.165) is 56.7 Å². The van der Waals surface area contributed by atoms with Crippen molar-refractivity contribution in [3.05, 3.63) is 77.7 Å². The summed E-state index contributed by atoms with van der Waals surface area (Å²) in [5.41, 5.74) is 5.81. The third kappa shape index (κ3) is 5.72. The van der Waals surface area contributed by atoms with Crippen LogP contribution in [0, 0.1) is 11.8 Å². The van der Waals surface area contributed by atoms with E-state index in [2.05, 4.69) is 77.3 Å². The molecule has 5 nitrogen and oxygen atoms in total. The second kappa shape index (κ2) is 11.3. The van der Waals surface area contributed by atoms with Gasteiger partial charge >= 0.3 is 0 Å². The molecule has 5 heteroatoms. The molecule has 2 aromatic rings. The van der Waals surface area contributed by atoms with Gasteiger partial charge in [0, 0.05) is 49.3 Å². The van der Waals surface area contributed by atoms with Gasteiger partial charge in [0.2, 0.25) is 5.91 Å². The number of aromatic nitrogens is 1. The van der Waals surface area contributed by atoms with Crippen LogP contribution in [-0.2, 0) is 4.79 Å². The number of hydrogen-bond donors (Lipinski definition) is 3. The van der Waals surface area contributed by atoms with Crippen molar-refractivity contribution in [3.63, 3.8) is 0 Å². The number of hydrogen-bond acceptors (Lipinski definition) is 4. The lowest BCUT2D eigenvalue weighted by atomic mass is 9.83. The minimum absolute atomic E-state index is 0.0287. The van der Waals surface area contributed by atoms with Crippen LogP contribution < -0.4 is 16.0 Å². The van der Waals surface area contributed by atoms with Crippen LogP contribution in [0.3, 0.4) is 0 Å². The van der Waals surface area contributed by atoms with Crippen LogP contribution in [0.25, 0.3) is 0 Å². The Hall–Kier alpha value is -2.92. The third-order valence-electron chi connectivity index (χ3n) is 6.79. The van der Waals surface area contributed by atoms with Gasteiger partial charge in [-0.1, -0.05) is 25.2 Å². The first-order valence-electron chi connectivity index (χ1n) is 12.4. The Morgan fingerprint density at radius 2 is 2.00 bits per heavy atom. The molecule has 174 valence electrons. The van der Waals surface area contributed by atoms with Crippen molar-refractivity contribution in [1.29, 1.82) is 0 Å². The summed E-state index contributed by atoms with van der Waals surface area (Å²) in [6.45, 7) is 6.84. The number of nitrogens with one attached hydrogen (secondary N) is 3. The van der Waals surface area contributed by atoms with Crippen LogP contribution in [0.1, 0.15) is 56.6 Å². The van der Waals surface area contributed by atoms with Crippen LogP contribution in [0.5, 0.6) is 0 Å². The summed E-state index contributed by atoms with van der Waals surface area (Å²) in [5.74, 6) is 0.726. The second-order valence-electron chi connectivity index (χ2n) is 9.03. The maximum absolute atomic E-state index is 13.2. The van der Waals surface area contributed by atoms with Gasteiger partial charge in [-0.15, -0.1) is 0 Å². The summed E-state index contributed by atoms with van der Waals surface area (Å²) in [5, 5.41) is 10.2. The van der Waals surface area contributed by atoms with Gasteiger partial charge in [-0.05, 0) is 85.6 Å². The maximum atomic E-state index is 13.2. The van der Waals surface area contributed by atoms with E-state index in [4.69, 9.17) is 0 Å². The predicted octanol–water partition coefficient (Wildman–Crippen LogP) is 5.50. The molecule has 1 saturated heterocycles. The number of benzene rings is 1. The van der Waals surface area contributed by atoms with E-state index in [-0.39, 0.29) is 17.7 Å². The molecule has 1 aromatic heterocycles. The lowest BCUT2D eigenvalue weighted by Crippen LogP contribution is -2.42. The predicted molar refractivity (Wildman–Crippen MR) is 137 cm³/mol. The van der Waals surface area contributed by atoms with Crippen LogP contribution in [0.4, 0.5) is 11.4 Å².